The number of aryl methyl sites for hydroxylation is 3. The van der Waals surface area contributed by atoms with Gasteiger partial charge in [-0.2, -0.15) is 0 Å². The molecule has 3 aromatic rings. The van der Waals surface area contributed by atoms with E-state index in [1.165, 1.54) is 11.1 Å². The van der Waals surface area contributed by atoms with E-state index in [1.807, 2.05) is 63.2 Å². The zero-order chi connectivity index (χ0) is 26.1. The topological polar surface area (TPSA) is 38.7 Å². The first-order valence-electron chi connectivity index (χ1n) is 12.2. The molecule has 0 fully saturated rings. The molecule has 3 heteroatoms. The molecule has 0 aliphatic carbocycles. The Morgan fingerprint density at radius 2 is 1.17 bits per heavy atom. The van der Waals surface area contributed by atoms with E-state index in [0.29, 0.717) is 0 Å². The van der Waals surface area contributed by atoms with E-state index in [9.17, 15) is 5.11 Å². The first kappa shape index (κ1) is 26.6. The van der Waals surface area contributed by atoms with E-state index in [2.05, 4.69) is 69.0 Å². The van der Waals surface area contributed by atoms with Crippen molar-refractivity contribution in [3.8, 4) is 11.5 Å². The lowest BCUT2D eigenvalue weighted by atomic mass is 10.1. The van der Waals surface area contributed by atoms with Crippen LogP contribution in [0.3, 0.4) is 0 Å². The zero-order valence-electron chi connectivity index (χ0n) is 21.9. The normalized spacial score (nSPS) is 13.4. The van der Waals surface area contributed by atoms with Crippen LogP contribution < -0.4 is 9.47 Å². The van der Waals surface area contributed by atoms with Gasteiger partial charge in [0.1, 0.15) is 29.5 Å². The molecule has 3 rings (SSSR count). The first-order chi connectivity index (χ1) is 17.2. The molecule has 0 radical (unpaired) electrons. The fraction of sp³-hybridized carbons (Fsp3) is 0.212. The molecular weight excluding hydrogens is 444 g/mol. The Morgan fingerprint density at radius 1 is 0.694 bits per heavy atom. The van der Waals surface area contributed by atoms with E-state index in [4.69, 9.17) is 9.47 Å². The molecule has 0 amide bonds. The van der Waals surface area contributed by atoms with Crippen LogP contribution in [-0.4, -0.2) is 17.3 Å². The van der Waals surface area contributed by atoms with Crippen LogP contribution in [0.2, 0.25) is 0 Å². The van der Waals surface area contributed by atoms with Gasteiger partial charge in [-0.25, -0.2) is 0 Å². The minimum Gasteiger partial charge on any atom is -0.509 e. The number of ether oxygens (including phenoxy) is 2. The lowest BCUT2D eigenvalue weighted by Gasteiger charge is -2.14. The Kier molecular flexibility index (Phi) is 9.35. The average Bonchev–Trinajstić information content (AvgIpc) is 2.82. The van der Waals surface area contributed by atoms with E-state index in [-0.39, 0.29) is 18.0 Å². The third kappa shape index (κ3) is 8.06. The highest BCUT2D eigenvalue weighted by molar-refractivity contribution is 5.58. The molecule has 2 unspecified atom stereocenters. The molecule has 1 N–H and O–H groups in total. The van der Waals surface area contributed by atoms with E-state index < -0.39 is 0 Å². The van der Waals surface area contributed by atoms with Gasteiger partial charge < -0.3 is 14.6 Å². The number of benzene rings is 3. The van der Waals surface area contributed by atoms with Crippen LogP contribution in [0.1, 0.15) is 47.2 Å². The summed E-state index contributed by atoms with van der Waals surface area (Å²) in [6.45, 7) is 13.7. The molecule has 0 saturated heterocycles. The summed E-state index contributed by atoms with van der Waals surface area (Å²) >= 11 is 0. The second-order valence-electron chi connectivity index (χ2n) is 9.08. The Hall–Kier alpha value is -3.98. The van der Waals surface area contributed by atoms with Crippen molar-refractivity contribution < 1.29 is 14.6 Å². The molecule has 0 aromatic heterocycles. The second-order valence-corrected chi connectivity index (χ2v) is 9.08. The molecule has 0 aliphatic rings. The zero-order valence-corrected chi connectivity index (χ0v) is 21.9. The largest absolute Gasteiger partial charge is 0.509 e. The standard InChI is InChI=1S/C33H36O3/c1-23-9-7-8-10-29(23)15-12-27(5)35-33-20-18-31(25(3)22-33)16-13-28(6)36-32-19-17-30(24(2)21-32)14-11-26(4)34/h7-22,27-28,34H,4H2,1-3,5-6H3/b14-11-,15-12-,16-13-. The fourth-order valence-electron chi connectivity index (χ4n) is 3.76. The molecule has 0 spiro atoms. The molecule has 3 aromatic carbocycles. The number of aliphatic hydroxyl groups excluding tert-OH is 1. The summed E-state index contributed by atoms with van der Waals surface area (Å²) in [5.41, 5.74) is 6.80. The van der Waals surface area contributed by atoms with Gasteiger partial charge in [-0.3, -0.25) is 0 Å². The lowest BCUT2D eigenvalue weighted by Crippen LogP contribution is -2.08. The van der Waals surface area contributed by atoms with Gasteiger partial charge in [0, 0.05) is 0 Å². The molecule has 0 bridgehead atoms. The van der Waals surface area contributed by atoms with Crippen molar-refractivity contribution in [3.05, 3.63) is 125 Å². The van der Waals surface area contributed by atoms with Crippen molar-refractivity contribution in [1.29, 1.82) is 0 Å². The number of rotatable bonds is 10. The Morgan fingerprint density at radius 3 is 1.64 bits per heavy atom. The summed E-state index contributed by atoms with van der Waals surface area (Å²) < 4.78 is 12.2. The minimum absolute atomic E-state index is 0.0351. The predicted octanol–water partition coefficient (Wildman–Crippen LogP) is 8.66. The molecule has 0 heterocycles. The maximum atomic E-state index is 9.25. The van der Waals surface area contributed by atoms with Gasteiger partial charge in [0.05, 0.1) is 0 Å². The highest BCUT2D eigenvalue weighted by Crippen LogP contribution is 2.22. The molecule has 0 aliphatic heterocycles. The lowest BCUT2D eigenvalue weighted by molar-refractivity contribution is 0.270. The summed E-state index contributed by atoms with van der Waals surface area (Å²) in [6.07, 6.45) is 11.6. The Balaban J connectivity index is 1.58. The van der Waals surface area contributed by atoms with Gasteiger partial charge in [0.2, 0.25) is 0 Å². The quantitative estimate of drug-likeness (QED) is 0.233. The number of allylic oxidation sites excluding steroid dienone is 1. The Bertz CT molecular complexity index is 1280. The molecule has 186 valence electrons. The summed E-state index contributed by atoms with van der Waals surface area (Å²) in [5.74, 6) is 1.69. The monoisotopic (exact) mass is 480 g/mol. The third-order valence-electron chi connectivity index (χ3n) is 5.86. The van der Waals surface area contributed by atoms with Gasteiger partial charge in [0.15, 0.2) is 0 Å². The summed E-state index contributed by atoms with van der Waals surface area (Å²) in [4.78, 5) is 0. The second kappa shape index (κ2) is 12.6. The minimum atomic E-state index is -0.0926. The average molecular weight is 481 g/mol. The van der Waals surface area contributed by atoms with Gasteiger partial charge in [-0.1, -0.05) is 61.2 Å². The molecular formula is C33H36O3. The van der Waals surface area contributed by atoms with E-state index in [0.717, 1.165) is 33.8 Å². The fourth-order valence-corrected chi connectivity index (χ4v) is 3.76. The van der Waals surface area contributed by atoms with Gasteiger partial charge in [-0.15, -0.1) is 0 Å². The molecule has 0 saturated carbocycles. The van der Waals surface area contributed by atoms with Crippen LogP contribution in [0.25, 0.3) is 18.2 Å². The van der Waals surface area contributed by atoms with Crippen molar-refractivity contribution in [1.82, 2.24) is 0 Å². The summed E-state index contributed by atoms with van der Waals surface area (Å²) in [7, 11) is 0. The Labute approximate surface area is 215 Å². The maximum Gasteiger partial charge on any atom is 0.120 e. The van der Waals surface area contributed by atoms with Crippen molar-refractivity contribution in [2.45, 2.75) is 46.8 Å². The van der Waals surface area contributed by atoms with E-state index >= 15 is 0 Å². The van der Waals surface area contributed by atoms with Crippen LogP contribution >= 0.6 is 0 Å². The van der Waals surface area contributed by atoms with Crippen molar-refractivity contribution >= 4 is 18.2 Å². The van der Waals surface area contributed by atoms with E-state index in [1.54, 1.807) is 6.08 Å². The van der Waals surface area contributed by atoms with Crippen LogP contribution in [-0.2, 0) is 0 Å². The highest BCUT2D eigenvalue weighted by Gasteiger charge is 2.05. The van der Waals surface area contributed by atoms with Gasteiger partial charge >= 0.3 is 0 Å². The van der Waals surface area contributed by atoms with Gasteiger partial charge in [0.25, 0.3) is 0 Å². The predicted molar refractivity (Wildman–Crippen MR) is 153 cm³/mol. The van der Waals surface area contributed by atoms with Crippen LogP contribution in [0, 0.1) is 20.8 Å². The summed E-state index contributed by atoms with van der Waals surface area (Å²) in [5, 5.41) is 9.25. The van der Waals surface area contributed by atoms with Crippen LogP contribution in [0.15, 0.2) is 91.2 Å². The number of hydrogen-bond donors (Lipinski definition) is 1. The van der Waals surface area contributed by atoms with Crippen molar-refractivity contribution in [2.24, 2.45) is 0 Å². The van der Waals surface area contributed by atoms with Crippen molar-refractivity contribution in [3.63, 3.8) is 0 Å². The number of aliphatic hydroxyl groups is 1. The maximum absolute atomic E-state index is 9.25. The summed E-state index contributed by atoms with van der Waals surface area (Å²) in [6, 6.07) is 20.4. The van der Waals surface area contributed by atoms with Gasteiger partial charge in [-0.05, 0) is 110 Å². The van der Waals surface area contributed by atoms with Crippen molar-refractivity contribution in [2.75, 3.05) is 0 Å². The smallest absolute Gasteiger partial charge is 0.120 e. The first-order valence-corrected chi connectivity index (χ1v) is 12.2. The van der Waals surface area contributed by atoms with Crippen LogP contribution in [0.5, 0.6) is 11.5 Å². The highest BCUT2D eigenvalue weighted by atomic mass is 16.5. The molecule has 2 atom stereocenters. The molecule has 3 nitrogen and oxygen atoms in total. The van der Waals surface area contributed by atoms with Crippen LogP contribution in [0.4, 0.5) is 0 Å². The third-order valence-corrected chi connectivity index (χ3v) is 5.86. The molecule has 36 heavy (non-hydrogen) atoms. The number of hydrogen-bond acceptors (Lipinski definition) is 3. The SMILES string of the molecule is C=C(O)/C=C\c1ccc(OC(C)/C=C\c2ccc(OC(C)/C=C\c3ccccc3C)cc2C)cc1C.